The first-order valence-corrected chi connectivity index (χ1v) is 9.87. The van der Waals surface area contributed by atoms with Gasteiger partial charge >= 0.3 is 6.09 Å². The van der Waals surface area contributed by atoms with E-state index in [4.69, 9.17) is 4.74 Å². The third kappa shape index (κ3) is 4.10. The molecular weight excluding hydrogens is 384 g/mol. The molecule has 9 nitrogen and oxygen atoms in total. The Kier molecular flexibility index (Phi) is 5.11. The van der Waals surface area contributed by atoms with E-state index in [1.807, 2.05) is 26.8 Å². The topological polar surface area (TPSA) is 102 Å². The average Bonchev–Trinajstić information content (AvgIpc) is 3.34. The summed E-state index contributed by atoms with van der Waals surface area (Å²) in [5, 5.41) is 2.90. The van der Waals surface area contributed by atoms with Crippen LogP contribution in [-0.2, 0) is 9.53 Å². The minimum atomic E-state index is -0.604. The summed E-state index contributed by atoms with van der Waals surface area (Å²) in [6, 6.07) is 6.65. The number of rotatable bonds is 3. The lowest BCUT2D eigenvalue weighted by molar-refractivity contribution is -0.120. The van der Waals surface area contributed by atoms with Crippen LogP contribution in [0.1, 0.15) is 33.6 Å². The second-order valence-electron chi connectivity index (χ2n) is 8.19. The van der Waals surface area contributed by atoms with Crippen molar-refractivity contribution < 1.29 is 14.3 Å². The monoisotopic (exact) mass is 408 g/mol. The van der Waals surface area contributed by atoms with E-state index in [0.29, 0.717) is 30.1 Å². The fraction of sp³-hybridized carbons (Fsp3) is 0.381. The molecule has 2 amide bonds. The Labute approximate surface area is 174 Å². The molecule has 0 unspecified atom stereocenters. The first kappa shape index (κ1) is 19.8. The molecule has 0 aliphatic carbocycles. The molecule has 1 fully saturated rings. The van der Waals surface area contributed by atoms with Crippen molar-refractivity contribution in [2.24, 2.45) is 0 Å². The molecule has 0 spiro atoms. The predicted molar refractivity (Wildman–Crippen MR) is 111 cm³/mol. The van der Waals surface area contributed by atoms with Crippen LogP contribution in [0.3, 0.4) is 0 Å². The van der Waals surface area contributed by atoms with Gasteiger partial charge < -0.3 is 10.1 Å². The molecule has 1 aliphatic rings. The second-order valence-corrected chi connectivity index (χ2v) is 8.19. The fourth-order valence-electron chi connectivity index (χ4n) is 3.47. The minimum absolute atomic E-state index is 0.233. The number of anilines is 1. The zero-order valence-electron chi connectivity index (χ0n) is 17.2. The van der Waals surface area contributed by atoms with Crippen LogP contribution in [0, 0.1) is 0 Å². The van der Waals surface area contributed by atoms with Gasteiger partial charge in [-0.25, -0.2) is 19.7 Å². The van der Waals surface area contributed by atoms with Crippen LogP contribution in [0.25, 0.3) is 17.0 Å². The third-order valence-electron chi connectivity index (χ3n) is 4.77. The molecule has 9 heteroatoms. The number of amides is 2. The summed E-state index contributed by atoms with van der Waals surface area (Å²) >= 11 is 0. The molecule has 3 aromatic rings. The van der Waals surface area contributed by atoms with Crippen molar-refractivity contribution in [3.05, 3.63) is 43.0 Å². The van der Waals surface area contributed by atoms with E-state index >= 15 is 0 Å². The van der Waals surface area contributed by atoms with Gasteiger partial charge in [0.25, 0.3) is 0 Å². The van der Waals surface area contributed by atoms with Gasteiger partial charge in [-0.15, -0.1) is 0 Å². The Hall–Kier alpha value is -3.49. The van der Waals surface area contributed by atoms with Crippen LogP contribution >= 0.6 is 0 Å². The smallest absolute Gasteiger partial charge is 0.410 e. The Morgan fingerprint density at radius 3 is 2.67 bits per heavy atom. The second kappa shape index (κ2) is 7.74. The number of nitrogens with zero attached hydrogens (tertiary/aromatic N) is 5. The zero-order chi connectivity index (χ0) is 21.3. The molecule has 2 aromatic heterocycles. The third-order valence-corrected chi connectivity index (χ3v) is 4.77. The van der Waals surface area contributed by atoms with Gasteiger partial charge in [0.2, 0.25) is 11.9 Å². The number of ether oxygens (including phenoxy) is 1. The van der Waals surface area contributed by atoms with Gasteiger partial charge in [-0.3, -0.25) is 14.3 Å². The molecule has 1 N–H and O–H groups in total. The summed E-state index contributed by atoms with van der Waals surface area (Å²) < 4.78 is 7.22. The number of fused-ring (bicyclic) bond motifs is 1. The minimum Gasteiger partial charge on any atom is -0.444 e. The molecule has 4 rings (SSSR count). The summed E-state index contributed by atoms with van der Waals surface area (Å²) in [7, 11) is 0. The Morgan fingerprint density at radius 2 is 1.93 bits per heavy atom. The van der Waals surface area contributed by atoms with Crippen molar-refractivity contribution in [1.82, 2.24) is 24.4 Å². The predicted octanol–water partition coefficient (Wildman–Crippen LogP) is 3.15. The summed E-state index contributed by atoms with van der Waals surface area (Å²) in [5.74, 6) is 0.291. The molecule has 1 saturated heterocycles. The summed E-state index contributed by atoms with van der Waals surface area (Å²) in [5.41, 5.74) is 1.54. The van der Waals surface area contributed by atoms with Crippen molar-refractivity contribution in [2.45, 2.75) is 45.3 Å². The molecular formula is C21H24N6O3. The number of hydrogen-bond donors (Lipinski definition) is 1. The number of likely N-dealkylation sites (tertiary alicyclic amines) is 1. The highest BCUT2D eigenvalue weighted by atomic mass is 16.6. The maximum atomic E-state index is 12.9. The normalized spacial score (nSPS) is 16.6. The SMILES string of the molecule is CC(C)(C)OC(=O)N1CCC[C@@H]1C(=O)Nc1ccc2c(c1)ncn2-c1ncccn1. The fourth-order valence-corrected chi connectivity index (χ4v) is 3.47. The molecule has 3 heterocycles. The Bertz CT molecular complexity index is 1070. The lowest BCUT2D eigenvalue weighted by Crippen LogP contribution is -2.45. The first-order valence-electron chi connectivity index (χ1n) is 9.87. The number of carbonyl (C=O) groups is 2. The van der Waals surface area contributed by atoms with E-state index in [-0.39, 0.29) is 5.91 Å². The number of carbonyl (C=O) groups excluding carboxylic acids is 2. The van der Waals surface area contributed by atoms with E-state index in [0.717, 1.165) is 11.9 Å². The molecule has 30 heavy (non-hydrogen) atoms. The van der Waals surface area contributed by atoms with Crippen LogP contribution < -0.4 is 5.32 Å². The maximum Gasteiger partial charge on any atom is 0.410 e. The summed E-state index contributed by atoms with van der Waals surface area (Å²) in [6.45, 7) is 5.94. The largest absolute Gasteiger partial charge is 0.444 e. The quantitative estimate of drug-likeness (QED) is 0.714. The summed E-state index contributed by atoms with van der Waals surface area (Å²) in [4.78, 5) is 39.7. The lowest BCUT2D eigenvalue weighted by Gasteiger charge is -2.28. The lowest BCUT2D eigenvalue weighted by atomic mass is 10.2. The van der Waals surface area contributed by atoms with Crippen molar-refractivity contribution in [2.75, 3.05) is 11.9 Å². The van der Waals surface area contributed by atoms with Crippen molar-refractivity contribution in [1.29, 1.82) is 0 Å². The van der Waals surface area contributed by atoms with Gasteiger partial charge in [-0.05, 0) is 57.9 Å². The Balaban J connectivity index is 1.50. The maximum absolute atomic E-state index is 12.9. The molecule has 156 valence electrons. The first-order chi connectivity index (χ1) is 14.3. The van der Waals surface area contributed by atoms with E-state index in [2.05, 4.69) is 20.3 Å². The van der Waals surface area contributed by atoms with E-state index in [9.17, 15) is 9.59 Å². The van der Waals surface area contributed by atoms with Crippen LogP contribution in [-0.4, -0.2) is 54.6 Å². The van der Waals surface area contributed by atoms with Gasteiger partial charge in [0.15, 0.2) is 0 Å². The molecule has 0 saturated carbocycles. The number of aromatic nitrogens is 4. The van der Waals surface area contributed by atoms with Crippen molar-refractivity contribution in [3.63, 3.8) is 0 Å². The molecule has 0 bridgehead atoms. The number of nitrogens with one attached hydrogen (secondary N) is 1. The zero-order valence-corrected chi connectivity index (χ0v) is 17.2. The molecule has 1 aromatic carbocycles. The van der Waals surface area contributed by atoms with Crippen LogP contribution in [0.4, 0.5) is 10.5 Å². The number of benzene rings is 1. The van der Waals surface area contributed by atoms with E-state index < -0.39 is 17.7 Å². The van der Waals surface area contributed by atoms with Crippen molar-refractivity contribution >= 4 is 28.7 Å². The highest BCUT2D eigenvalue weighted by Gasteiger charge is 2.36. The van der Waals surface area contributed by atoms with Gasteiger partial charge in [0.1, 0.15) is 18.0 Å². The Morgan fingerprint density at radius 1 is 1.17 bits per heavy atom. The molecule has 1 aliphatic heterocycles. The van der Waals surface area contributed by atoms with E-state index in [1.165, 1.54) is 4.90 Å². The standard InChI is InChI=1S/C21H24N6O3/c1-21(2,3)30-20(29)26-11-4-6-17(26)18(28)25-14-7-8-16-15(12-14)24-13-27(16)19-22-9-5-10-23-19/h5,7-10,12-13,17H,4,6,11H2,1-3H3,(H,25,28)/t17-/m1/s1. The molecule has 0 radical (unpaired) electrons. The van der Waals surface area contributed by atoms with Crippen LogP contribution in [0.15, 0.2) is 43.0 Å². The highest BCUT2D eigenvalue weighted by molar-refractivity contribution is 5.98. The van der Waals surface area contributed by atoms with Gasteiger partial charge in [-0.2, -0.15) is 0 Å². The van der Waals surface area contributed by atoms with Gasteiger partial charge in [0, 0.05) is 24.6 Å². The molecule has 1 atom stereocenters. The summed E-state index contributed by atoms with van der Waals surface area (Å²) in [6.07, 6.45) is 5.89. The van der Waals surface area contributed by atoms with Crippen LogP contribution in [0.2, 0.25) is 0 Å². The highest BCUT2D eigenvalue weighted by Crippen LogP contribution is 2.24. The van der Waals surface area contributed by atoms with Gasteiger partial charge in [0.05, 0.1) is 11.0 Å². The van der Waals surface area contributed by atoms with E-state index in [1.54, 1.807) is 41.5 Å². The number of hydrogen-bond acceptors (Lipinski definition) is 6. The number of imidazole rings is 1. The average molecular weight is 408 g/mol. The van der Waals surface area contributed by atoms with Crippen LogP contribution in [0.5, 0.6) is 0 Å². The van der Waals surface area contributed by atoms with Crippen molar-refractivity contribution in [3.8, 4) is 5.95 Å². The van der Waals surface area contributed by atoms with Gasteiger partial charge in [-0.1, -0.05) is 0 Å².